The first kappa shape index (κ1) is 21.6. The molecule has 0 radical (unpaired) electrons. The maximum absolute atomic E-state index is 13.4. The summed E-state index contributed by atoms with van der Waals surface area (Å²) in [7, 11) is -3.67. The van der Waals surface area contributed by atoms with Crippen LogP contribution in [0.4, 0.5) is 0 Å². The standard InChI is InChI=1S/C23H29BrN2O4S/c1-17-5-7-19(8-6-17)31(27,28)26-14-11-20-21(26)9-10-22(24)23(20)29-16-18(30-23)15-25-12-3-2-4-13-25/h5-8,11,14,18,22H,2-4,9-10,12-13,15-16H2,1H3. The molecule has 3 unspecified atom stereocenters. The zero-order valence-corrected chi connectivity index (χ0v) is 20.2. The lowest BCUT2D eigenvalue weighted by Gasteiger charge is -2.37. The molecule has 2 saturated heterocycles. The van der Waals surface area contributed by atoms with Gasteiger partial charge in [0, 0.05) is 24.0 Å². The van der Waals surface area contributed by atoms with Crippen LogP contribution in [-0.4, -0.2) is 54.5 Å². The van der Waals surface area contributed by atoms with Crippen LogP contribution in [-0.2, 0) is 31.7 Å². The molecule has 2 aromatic rings. The summed E-state index contributed by atoms with van der Waals surface area (Å²) in [5.41, 5.74) is 2.62. The number of piperidine rings is 1. The fraction of sp³-hybridized carbons (Fsp3) is 0.565. The van der Waals surface area contributed by atoms with E-state index in [2.05, 4.69) is 20.8 Å². The smallest absolute Gasteiger partial charge is 0.267 e. The Morgan fingerprint density at radius 3 is 2.61 bits per heavy atom. The van der Waals surface area contributed by atoms with Gasteiger partial charge < -0.3 is 14.4 Å². The van der Waals surface area contributed by atoms with Crippen LogP contribution in [0.15, 0.2) is 41.4 Å². The van der Waals surface area contributed by atoms with E-state index in [-0.39, 0.29) is 10.9 Å². The van der Waals surface area contributed by atoms with Gasteiger partial charge >= 0.3 is 0 Å². The van der Waals surface area contributed by atoms with Crippen molar-refractivity contribution in [1.82, 2.24) is 8.87 Å². The Hall–Kier alpha value is -1.19. The lowest BCUT2D eigenvalue weighted by molar-refractivity contribution is -0.181. The lowest BCUT2D eigenvalue weighted by atomic mass is 9.91. The number of fused-ring (bicyclic) bond motifs is 2. The number of aryl methyl sites for hydroxylation is 1. The van der Waals surface area contributed by atoms with E-state index in [1.807, 2.05) is 25.1 Å². The SMILES string of the molecule is Cc1ccc(S(=O)(=O)n2ccc3c2CCC(Br)C32OCC(CN3CCCCC3)O2)cc1. The third-order valence-electron chi connectivity index (χ3n) is 6.69. The van der Waals surface area contributed by atoms with Gasteiger partial charge in [-0.3, -0.25) is 0 Å². The molecule has 0 bridgehead atoms. The van der Waals surface area contributed by atoms with Gasteiger partial charge in [0.15, 0.2) is 0 Å². The van der Waals surface area contributed by atoms with Crippen LogP contribution in [0.25, 0.3) is 0 Å². The average Bonchev–Trinajstić information content (AvgIpc) is 3.38. The molecule has 3 aliphatic rings. The summed E-state index contributed by atoms with van der Waals surface area (Å²) in [6.45, 7) is 5.55. The van der Waals surface area contributed by atoms with E-state index < -0.39 is 15.8 Å². The molecule has 3 atom stereocenters. The topological polar surface area (TPSA) is 60.8 Å². The number of aromatic nitrogens is 1. The molecule has 1 aliphatic carbocycles. The second kappa shape index (κ2) is 8.30. The molecular weight excluding hydrogens is 480 g/mol. The van der Waals surface area contributed by atoms with Crippen molar-refractivity contribution in [3.63, 3.8) is 0 Å². The second-order valence-corrected chi connectivity index (χ2v) is 11.8. The molecule has 31 heavy (non-hydrogen) atoms. The molecular formula is C23H29BrN2O4S. The van der Waals surface area contributed by atoms with Crippen LogP contribution < -0.4 is 0 Å². The van der Waals surface area contributed by atoms with Crippen molar-refractivity contribution in [1.29, 1.82) is 0 Å². The first-order valence-corrected chi connectivity index (χ1v) is 13.5. The van der Waals surface area contributed by atoms with E-state index in [1.54, 1.807) is 18.3 Å². The number of likely N-dealkylation sites (tertiary alicyclic amines) is 1. The van der Waals surface area contributed by atoms with Gasteiger partial charge in [-0.05, 0) is 63.9 Å². The third kappa shape index (κ3) is 3.80. The predicted molar refractivity (Wildman–Crippen MR) is 122 cm³/mol. The van der Waals surface area contributed by atoms with Gasteiger partial charge in [-0.1, -0.05) is 40.0 Å². The number of hydrogen-bond donors (Lipinski definition) is 0. The molecule has 0 saturated carbocycles. The van der Waals surface area contributed by atoms with Crippen molar-refractivity contribution >= 4 is 26.0 Å². The molecule has 1 spiro atoms. The molecule has 8 heteroatoms. The molecule has 2 fully saturated rings. The van der Waals surface area contributed by atoms with Crippen molar-refractivity contribution in [2.75, 3.05) is 26.2 Å². The van der Waals surface area contributed by atoms with Gasteiger partial charge in [0.2, 0.25) is 5.79 Å². The molecule has 168 valence electrons. The Balaban J connectivity index is 1.44. The molecule has 1 aromatic heterocycles. The Kier molecular flexibility index (Phi) is 5.80. The highest BCUT2D eigenvalue weighted by molar-refractivity contribution is 9.09. The highest BCUT2D eigenvalue weighted by Crippen LogP contribution is 2.48. The number of ether oxygens (including phenoxy) is 2. The summed E-state index contributed by atoms with van der Waals surface area (Å²) in [4.78, 5) is 2.73. The summed E-state index contributed by atoms with van der Waals surface area (Å²) in [5.74, 6) is -0.928. The predicted octanol–water partition coefficient (Wildman–Crippen LogP) is 3.80. The molecule has 0 N–H and O–H groups in total. The molecule has 3 heterocycles. The maximum Gasteiger partial charge on any atom is 0.267 e. The fourth-order valence-electron chi connectivity index (χ4n) is 5.04. The first-order valence-electron chi connectivity index (χ1n) is 11.1. The van der Waals surface area contributed by atoms with Gasteiger partial charge in [0.05, 0.1) is 22.4 Å². The summed E-state index contributed by atoms with van der Waals surface area (Å²) in [6, 6.07) is 8.85. The van der Waals surface area contributed by atoms with Crippen molar-refractivity contribution in [3.8, 4) is 0 Å². The number of halogens is 1. The quantitative estimate of drug-likeness (QED) is 0.587. The highest BCUT2D eigenvalue weighted by Gasteiger charge is 2.53. The summed E-state index contributed by atoms with van der Waals surface area (Å²) in [6.07, 6.45) is 6.81. The van der Waals surface area contributed by atoms with Gasteiger partial charge in [0.25, 0.3) is 10.0 Å². The van der Waals surface area contributed by atoms with E-state index in [1.165, 1.54) is 23.2 Å². The third-order valence-corrected chi connectivity index (χ3v) is 9.48. The Bertz CT molecular complexity index is 1050. The van der Waals surface area contributed by atoms with Crippen LogP contribution in [0.3, 0.4) is 0 Å². The number of alkyl halides is 1. The zero-order chi connectivity index (χ0) is 21.6. The number of nitrogens with zero attached hydrogens (tertiary/aromatic N) is 2. The van der Waals surface area contributed by atoms with Gasteiger partial charge in [-0.25, -0.2) is 12.4 Å². The zero-order valence-electron chi connectivity index (χ0n) is 17.8. The molecule has 0 amide bonds. The molecule has 1 aromatic carbocycles. The fourth-order valence-corrected chi connectivity index (χ4v) is 7.16. The summed E-state index contributed by atoms with van der Waals surface area (Å²) >= 11 is 3.79. The minimum Gasteiger partial charge on any atom is -0.342 e. The summed E-state index contributed by atoms with van der Waals surface area (Å²) in [5, 5.41) is 0. The van der Waals surface area contributed by atoms with Gasteiger partial charge in [0.1, 0.15) is 0 Å². The Labute approximate surface area is 192 Å². The Morgan fingerprint density at radius 1 is 1.13 bits per heavy atom. The lowest BCUT2D eigenvalue weighted by Crippen LogP contribution is -2.43. The van der Waals surface area contributed by atoms with Crippen LogP contribution in [0.5, 0.6) is 0 Å². The number of hydrogen-bond acceptors (Lipinski definition) is 5. The average molecular weight is 509 g/mol. The monoisotopic (exact) mass is 508 g/mol. The molecule has 6 nitrogen and oxygen atoms in total. The van der Waals surface area contributed by atoms with Crippen molar-refractivity contribution < 1.29 is 17.9 Å². The Morgan fingerprint density at radius 2 is 1.87 bits per heavy atom. The van der Waals surface area contributed by atoms with Gasteiger partial charge in [-0.2, -0.15) is 0 Å². The van der Waals surface area contributed by atoms with Gasteiger partial charge in [-0.15, -0.1) is 0 Å². The normalized spacial score (nSPS) is 29.4. The summed E-state index contributed by atoms with van der Waals surface area (Å²) < 4.78 is 41.0. The van der Waals surface area contributed by atoms with E-state index in [4.69, 9.17) is 9.47 Å². The minimum absolute atomic E-state index is 0.0128. The van der Waals surface area contributed by atoms with Crippen LogP contribution in [0, 0.1) is 6.92 Å². The minimum atomic E-state index is -3.67. The maximum atomic E-state index is 13.4. The molecule has 2 aliphatic heterocycles. The largest absolute Gasteiger partial charge is 0.342 e. The van der Waals surface area contributed by atoms with Crippen LogP contribution >= 0.6 is 15.9 Å². The van der Waals surface area contributed by atoms with E-state index in [0.29, 0.717) is 17.9 Å². The van der Waals surface area contributed by atoms with Crippen LogP contribution in [0.2, 0.25) is 0 Å². The van der Waals surface area contributed by atoms with E-state index in [9.17, 15) is 8.42 Å². The highest BCUT2D eigenvalue weighted by atomic mass is 79.9. The second-order valence-electron chi connectivity index (χ2n) is 8.88. The van der Waals surface area contributed by atoms with E-state index >= 15 is 0 Å². The van der Waals surface area contributed by atoms with Crippen molar-refractivity contribution in [2.45, 2.75) is 60.6 Å². The van der Waals surface area contributed by atoms with E-state index in [0.717, 1.165) is 42.9 Å². The van der Waals surface area contributed by atoms with Crippen LogP contribution in [0.1, 0.15) is 42.5 Å². The number of rotatable bonds is 4. The molecule has 5 rings (SSSR count). The first-order chi connectivity index (χ1) is 14.9. The van der Waals surface area contributed by atoms with Crippen molar-refractivity contribution in [2.24, 2.45) is 0 Å². The van der Waals surface area contributed by atoms with Crippen molar-refractivity contribution in [3.05, 3.63) is 53.3 Å². The number of benzene rings is 1.